The number of hydrogen-bond acceptors (Lipinski definition) is 1. The van der Waals surface area contributed by atoms with Gasteiger partial charge >= 0.3 is 0 Å². The lowest BCUT2D eigenvalue weighted by atomic mass is 9.83. The molecule has 1 heterocycles. The molecule has 0 N–H and O–H groups in total. The van der Waals surface area contributed by atoms with Gasteiger partial charge in [-0.15, -0.1) is 0 Å². The second-order valence-electron chi connectivity index (χ2n) is 16.0. The van der Waals surface area contributed by atoms with E-state index in [1.807, 2.05) is 12.1 Å². The molecule has 1 aromatic heterocycles. The van der Waals surface area contributed by atoms with Crippen LogP contribution in [0, 0.1) is 0 Å². The van der Waals surface area contributed by atoms with E-state index in [0.29, 0.717) is 0 Å². The topological polar surface area (TPSA) is 13.1 Å². The molecule has 0 aliphatic rings. The van der Waals surface area contributed by atoms with Crippen LogP contribution >= 0.6 is 0 Å². The normalized spacial score (nSPS) is 11.6. The summed E-state index contributed by atoms with van der Waals surface area (Å²) in [6.07, 6.45) is 0. The van der Waals surface area contributed by atoms with Crippen molar-refractivity contribution in [2.24, 2.45) is 0 Å². The first-order valence-corrected chi connectivity index (χ1v) is 21.0. The van der Waals surface area contributed by atoms with Crippen molar-refractivity contribution in [1.29, 1.82) is 0 Å². The second kappa shape index (κ2) is 14.4. The van der Waals surface area contributed by atoms with E-state index in [2.05, 4.69) is 218 Å². The Balaban J connectivity index is 1.14. The van der Waals surface area contributed by atoms with E-state index in [4.69, 9.17) is 4.42 Å². The molecule has 0 saturated heterocycles. The highest BCUT2D eigenvalue weighted by atomic mass is 16.3. The van der Waals surface area contributed by atoms with Gasteiger partial charge in [-0.3, -0.25) is 0 Å². The quantitative estimate of drug-likeness (QED) is 0.153. The fourth-order valence-corrected chi connectivity index (χ4v) is 9.55. The average molecular weight is 775 g/mol. The molecule has 0 radical (unpaired) electrons. The molecule has 0 fully saturated rings. The van der Waals surface area contributed by atoms with E-state index in [1.165, 1.54) is 88.0 Å². The van der Waals surface area contributed by atoms with E-state index in [9.17, 15) is 0 Å². The lowest BCUT2D eigenvalue weighted by Crippen LogP contribution is -1.93. The molecule has 61 heavy (non-hydrogen) atoms. The first kappa shape index (κ1) is 35.0. The lowest BCUT2D eigenvalue weighted by Gasteiger charge is -2.20. The fraction of sp³-hybridized carbons (Fsp3) is 0. The van der Waals surface area contributed by atoms with Crippen molar-refractivity contribution in [1.82, 2.24) is 0 Å². The van der Waals surface area contributed by atoms with Gasteiger partial charge in [0.25, 0.3) is 0 Å². The summed E-state index contributed by atoms with van der Waals surface area (Å²) in [4.78, 5) is 0. The van der Waals surface area contributed by atoms with Gasteiger partial charge in [-0.2, -0.15) is 0 Å². The Morgan fingerprint density at radius 3 is 1.34 bits per heavy atom. The van der Waals surface area contributed by atoms with Crippen LogP contribution in [-0.4, -0.2) is 0 Å². The highest BCUT2D eigenvalue weighted by Crippen LogP contribution is 2.47. The Kier molecular flexibility index (Phi) is 8.25. The Bertz CT molecular complexity index is 3630. The van der Waals surface area contributed by atoms with E-state index in [0.717, 1.165) is 33.1 Å². The van der Waals surface area contributed by atoms with Crippen molar-refractivity contribution in [3.05, 3.63) is 231 Å². The SMILES string of the molecule is c1ccc(-c2ccc3c(-c4cccc(-c5cccc6ccccc56)c4)c4cc(-c5ccccc5)ccc4c(-c4cccc(-c5ccc6oc7ccccc7c6c5)c4)c3c2)cc1. The summed E-state index contributed by atoms with van der Waals surface area (Å²) in [5.41, 5.74) is 16.2. The summed E-state index contributed by atoms with van der Waals surface area (Å²) in [7, 11) is 0. The third-order valence-electron chi connectivity index (χ3n) is 12.4. The predicted octanol–water partition coefficient (Wildman–Crippen LogP) is 17.0. The first-order valence-electron chi connectivity index (χ1n) is 21.0. The maximum absolute atomic E-state index is 6.22. The Morgan fingerprint density at radius 1 is 0.213 bits per heavy atom. The van der Waals surface area contributed by atoms with Gasteiger partial charge in [0.15, 0.2) is 0 Å². The van der Waals surface area contributed by atoms with Crippen LogP contribution in [0.5, 0.6) is 0 Å². The largest absolute Gasteiger partial charge is 0.456 e. The zero-order valence-electron chi connectivity index (χ0n) is 33.3. The number of benzene rings is 11. The zero-order valence-corrected chi connectivity index (χ0v) is 33.3. The molecule has 0 bridgehead atoms. The smallest absolute Gasteiger partial charge is 0.135 e. The van der Waals surface area contributed by atoms with Crippen molar-refractivity contribution in [2.45, 2.75) is 0 Å². The Hall–Kier alpha value is -8.00. The van der Waals surface area contributed by atoms with Crippen LogP contribution in [-0.2, 0) is 0 Å². The Labute approximate surface area is 354 Å². The maximum atomic E-state index is 6.22. The van der Waals surface area contributed by atoms with Gasteiger partial charge in [0.1, 0.15) is 11.2 Å². The van der Waals surface area contributed by atoms with Crippen molar-refractivity contribution in [3.8, 4) is 66.8 Å². The average Bonchev–Trinajstić information content (AvgIpc) is 3.71. The molecular weight excluding hydrogens is 737 g/mol. The molecule has 0 unspecified atom stereocenters. The minimum absolute atomic E-state index is 0.904. The molecule has 0 saturated carbocycles. The van der Waals surface area contributed by atoms with Gasteiger partial charge in [0.2, 0.25) is 0 Å². The highest BCUT2D eigenvalue weighted by molar-refractivity contribution is 6.23. The zero-order chi connectivity index (χ0) is 40.3. The first-order chi connectivity index (χ1) is 30.2. The van der Waals surface area contributed by atoms with Gasteiger partial charge in [0, 0.05) is 10.8 Å². The summed E-state index contributed by atoms with van der Waals surface area (Å²) in [5, 5.41) is 9.65. The number of fused-ring (bicyclic) bond motifs is 6. The van der Waals surface area contributed by atoms with Gasteiger partial charge in [-0.05, 0) is 142 Å². The monoisotopic (exact) mass is 774 g/mol. The molecule has 1 nitrogen and oxygen atoms in total. The van der Waals surface area contributed by atoms with Crippen molar-refractivity contribution in [3.63, 3.8) is 0 Å². The minimum Gasteiger partial charge on any atom is -0.456 e. The highest BCUT2D eigenvalue weighted by Gasteiger charge is 2.20. The summed E-state index contributed by atoms with van der Waals surface area (Å²) in [5.74, 6) is 0. The molecule has 12 rings (SSSR count). The van der Waals surface area contributed by atoms with Crippen LogP contribution < -0.4 is 0 Å². The number of hydrogen-bond donors (Lipinski definition) is 0. The van der Waals surface area contributed by atoms with Crippen molar-refractivity contribution in [2.75, 3.05) is 0 Å². The van der Waals surface area contributed by atoms with Crippen LogP contribution in [0.15, 0.2) is 235 Å². The number of rotatable bonds is 6. The molecule has 0 spiro atoms. The fourth-order valence-electron chi connectivity index (χ4n) is 9.55. The minimum atomic E-state index is 0.904. The summed E-state index contributed by atoms with van der Waals surface area (Å²) < 4.78 is 6.22. The summed E-state index contributed by atoms with van der Waals surface area (Å²) >= 11 is 0. The number of furan rings is 1. The van der Waals surface area contributed by atoms with Crippen LogP contribution in [0.2, 0.25) is 0 Å². The summed E-state index contributed by atoms with van der Waals surface area (Å²) in [6.45, 7) is 0. The van der Waals surface area contributed by atoms with Gasteiger partial charge in [-0.25, -0.2) is 0 Å². The maximum Gasteiger partial charge on any atom is 0.135 e. The molecule has 0 atom stereocenters. The van der Waals surface area contributed by atoms with E-state index in [-0.39, 0.29) is 0 Å². The molecule has 0 aliphatic heterocycles. The van der Waals surface area contributed by atoms with Gasteiger partial charge in [0.05, 0.1) is 0 Å². The third kappa shape index (κ3) is 6.02. The second-order valence-corrected chi connectivity index (χ2v) is 16.0. The Morgan fingerprint density at radius 2 is 0.656 bits per heavy atom. The predicted molar refractivity (Wildman–Crippen MR) is 259 cm³/mol. The van der Waals surface area contributed by atoms with Crippen molar-refractivity contribution < 1.29 is 4.42 Å². The molecule has 1 heteroatoms. The van der Waals surface area contributed by atoms with Crippen LogP contribution in [0.25, 0.3) is 121 Å². The van der Waals surface area contributed by atoms with Crippen LogP contribution in [0.3, 0.4) is 0 Å². The molecule has 0 aliphatic carbocycles. The van der Waals surface area contributed by atoms with Crippen LogP contribution in [0.1, 0.15) is 0 Å². The molecular formula is C60H38O. The molecule has 12 aromatic rings. The standard InChI is InChI=1S/C60H38O/c1-3-14-39(15-4-1)43-29-32-53-55(37-43)59(47-22-11-20-42(34-47)45-30-33-58-54(36-45)51-25-9-10-27-57(51)61-58)52-31-28-44(40-16-5-2-6-17-40)38-56(52)60(53)48-23-12-21-46(35-48)50-26-13-19-41-18-7-8-24-49(41)50/h1-38H. The summed E-state index contributed by atoms with van der Waals surface area (Å²) in [6, 6.07) is 84.1. The lowest BCUT2D eigenvalue weighted by molar-refractivity contribution is 0.669. The van der Waals surface area contributed by atoms with Crippen LogP contribution in [0.4, 0.5) is 0 Å². The third-order valence-corrected chi connectivity index (χ3v) is 12.4. The van der Waals surface area contributed by atoms with Gasteiger partial charge < -0.3 is 4.42 Å². The molecule has 0 amide bonds. The van der Waals surface area contributed by atoms with E-state index in [1.54, 1.807) is 0 Å². The molecule has 11 aromatic carbocycles. The number of para-hydroxylation sites is 1. The van der Waals surface area contributed by atoms with Crippen molar-refractivity contribution >= 4 is 54.3 Å². The van der Waals surface area contributed by atoms with Gasteiger partial charge in [-0.1, -0.05) is 188 Å². The van der Waals surface area contributed by atoms with E-state index < -0.39 is 0 Å². The van der Waals surface area contributed by atoms with E-state index >= 15 is 0 Å². The molecule has 284 valence electrons.